The first-order valence-corrected chi connectivity index (χ1v) is 8.03. The molecule has 5 nitrogen and oxygen atoms in total. The smallest absolute Gasteiger partial charge is 0.240 e. The molecule has 0 radical (unpaired) electrons. The molecule has 0 aliphatic carbocycles. The quantitative estimate of drug-likeness (QED) is 0.570. The second-order valence-corrected chi connectivity index (χ2v) is 6.25. The molecule has 0 atom stereocenters. The number of rotatable bonds is 8. The first kappa shape index (κ1) is 16.7. The molecule has 0 aromatic heterocycles. The Hall–Kier alpha value is -1.34. The highest BCUT2D eigenvalue weighted by Crippen LogP contribution is 2.28. The number of hydrogen-bond acceptors (Lipinski definition) is 4. The van der Waals surface area contributed by atoms with Crippen molar-refractivity contribution in [2.45, 2.75) is 37.5 Å². The number of halogens is 1. The molecule has 1 aromatic rings. The van der Waals surface area contributed by atoms with Gasteiger partial charge in [-0.1, -0.05) is 26.2 Å². The average Bonchev–Trinajstić information content (AvgIpc) is 2.38. The summed E-state index contributed by atoms with van der Waals surface area (Å²) in [5.41, 5.74) is 5.52. The molecule has 0 saturated heterocycles. The normalized spacial score (nSPS) is 11.6. The molecule has 20 heavy (non-hydrogen) atoms. The summed E-state index contributed by atoms with van der Waals surface area (Å²) in [5, 5.41) is 0. The van der Waals surface area contributed by atoms with Crippen molar-refractivity contribution in [2.75, 3.05) is 19.4 Å². The Kier molecular flexibility index (Phi) is 6.22. The van der Waals surface area contributed by atoms with E-state index in [-0.39, 0.29) is 16.3 Å². The van der Waals surface area contributed by atoms with Crippen LogP contribution in [0.25, 0.3) is 0 Å². The number of nitrogens with one attached hydrogen (secondary N) is 1. The van der Waals surface area contributed by atoms with Gasteiger partial charge >= 0.3 is 0 Å². The molecule has 1 aromatic carbocycles. The summed E-state index contributed by atoms with van der Waals surface area (Å²) in [6.45, 7) is 2.41. The lowest BCUT2D eigenvalue weighted by atomic mass is 10.2. The topological polar surface area (TPSA) is 81.4 Å². The Morgan fingerprint density at radius 1 is 1.30 bits per heavy atom. The second kappa shape index (κ2) is 7.44. The monoisotopic (exact) mass is 304 g/mol. The highest BCUT2D eigenvalue weighted by molar-refractivity contribution is 7.89. The molecule has 3 N–H and O–H groups in total. The molecule has 0 heterocycles. The molecule has 0 amide bonds. The fourth-order valence-electron chi connectivity index (χ4n) is 1.80. The minimum atomic E-state index is -3.74. The van der Waals surface area contributed by atoms with Crippen molar-refractivity contribution in [3.8, 4) is 5.75 Å². The van der Waals surface area contributed by atoms with E-state index in [9.17, 15) is 12.8 Å². The first-order valence-electron chi connectivity index (χ1n) is 6.55. The molecule has 1 rings (SSSR count). The van der Waals surface area contributed by atoms with Crippen LogP contribution >= 0.6 is 0 Å². The van der Waals surface area contributed by atoms with Gasteiger partial charge in [-0.25, -0.2) is 17.5 Å². The van der Waals surface area contributed by atoms with E-state index >= 15 is 0 Å². The van der Waals surface area contributed by atoms with E-state index in [0.717, 1.165) is 31.7 Å². The van der Waals surface area contributed by atoms with Crippen LogP contribution in [-0.4, -0.2) is 22.1 Å². The van der Waals surface area contributed by atoms with E-state index < -0.39 is 15.8 Å². The number of ether oxygens (including phenoxy) is 1. The summed E-state index contributed by atoms with van der Waals surface area (Å²) in [4.78, 5) is -0.191. The van der Waals surface area contributed by atoms with Gasteiger partial charge in [-0.15, -0.1) is 0 Å². The van der Waals surface area contributed by atoms with E-state index in [1.165, 1.54) is 13.2 Å². The number of nitrogen functional groups attached to an aromatic ring is 1. The molecule has 0 aliphatic rings. The van der Waals surface area contributed by atoms with Gasteiger partial charge in [0.05, 0.1) is 17.7 Å². The fourth-order valence-corrected chi connectivity index (χ4v) is 2.92. The zero-order valence-electron chi connectivity index (χ0n) is 11.8. The van der Waals surface area contributed by atoms with Crippen LogP contribution in [-0.2, 0) is 10.0 Å². The number of benzene rings is 1. The molecule has 0 aliphatic heterocycles. The lowest BCUT2D eigenvalue weighted by Crippen LogP contribution is -2.25. The summed E-state index contributed by atoms with van der Waals surface area (Å²) in [6.07, 6.45) is 3.85. The van der Waals surface area contributed by atoms with Crippen molar-refractivity contribution >= 4 is 15.7 Å². The molecule has 7 heteroatoms. The van der Waals surface area contributed by atoms with E-state index in [2.05, 4.69) is 11.6 Å². The Morgan fingerprint density at radius 3 is 2.55 bits per heavy atom. The van der Waals surface area contributed by atoms with Gasteiger partial charge in [-0.05, 0) is 18.6 Å². The largest absolute Gasteiger partial charge is 0.492 e. The van der Waals surface area contributed by atoms with Crippen LogP contribution in [0.2, 0.25) is 0 Å². The van der Waals surface area contributed by atoms with Gasteiger partial charge in [0.15, 0.2) is 11.6 Å². The Bertz CT molecular complexity index is 524. The predicted molar refractivity (Wildman–Crippen MR) is 76.7 cm³/mol. The van der Waals surface area contributed by atoms with Crippen molar-refractivity contribution < 1.29 is 17.5 Å². The van der Waals surface area contributed by atoms with Crippen LogP contribution in [0.5, 0.6) is 5.75 Å². The zero-order chi connectivity index (χ0) is 15.2. The zero-order valence-corrected chi connectivity index (χ0v) is 12.6. The average molecular weight is 304 g/mol. The lowest BCUT2D eigenvalue weighted by molar-refractivity contribution is 0.388. The van der Waals surface area contributed by atoms with E-state index in [4.69, 9.17) is 10.5 Å². The van der Waals surface area contributed by atoms with Crippen LogP contribution in [0, 0.1) is 5.82 Å². The fraction of sp³-hybridized carbons (Fsp3) is 0.538. The maximum Gasteiger partial charge on any atom is 0.240 e. The van der Waals surface area contributed by atoms with Gasteiger partial charge in [-0.2, -0.15) is 0 Å². The van der Waals surface area contributed by atoms with Gasteiger partial charge in [0.25, 0.3) is 0 Å². The first-order chi connectivity index (χ1) is 9.42. The summed E-state index contributed by atoms with van der Waals surface area (Å²) >= 11 is 0. The molecule has 0 unspecified atom stereocenters. The molecule has 0 fully saturated rings. The summed E-state index contributed by atoms with van der Waals surface area (Å²) in [6, 6.07) is 2.10. The van der Waals surface area contributed by atoms with E-state index in [1.807, 2.05) is 0 Å². The maximum absolute atomic E-state index is 13.6. The third-order valence-corrected chi connectivity index (χ3v) is 4.32. The van der Waals surface area contributed by atoms with E-state index in [0.29, 0.717) is 6.54 Å². The number of methoxy groups -OCH3 is 1. The minimum Gasteiger partial charge on any atom is -0.492 e. The van der Waals surface area contributed by atoms with Gasteiger partial charge in [0, 0.05) is 6.54 Å². The van der Waals surface area contributed by atoms with Crippen molar-refractivity contribution in [3.05, 3.63) is 17.9 Å². The van der Waals surface area contributed by atoms with Crippen molar-refractivity contribution in [1.82, 2.24) is 4.72 Å². The van der Waals surface area contributed by atoms with Crippen LogP contribution in [0.4, 0.5) is 10.1 Å². The van der Waals surface area contributed by atoms with Crippen LogP contribution in [0.15, 0.2) is 17.0 Å². The minimum absolute atomic E-state index is 0.0427. The Balaban J connectivity index is 2.78. The summed E-state index contributed by atoms with van der Waals surface area (Å²) in [7, 11) is -2.47. The molecule has 0 bridgehead atoms. The number of nitrogens with two attached hydrogens (primary N) is 1. The van der Waals surface area contributed by atoms with Gasteiger partial charge in [-0.3, -0.25) is 0 Å². The van der Waals surface area contributed by atoms with Crippen molar-refractivity contribution in [1.29, 1.82) is 0 Å². The highest BCUT2D eigenvalue weighted by atomic mass is 32.2. The second-order valence-electron chi connectivity index (χ2n) is 4.49. The molecule has 0 spiro atoms. The van der Waals surface area contributed by atoms with Crippen LogP contribution < -0.4 is 15.2 Å². The number of unbranched alkanes of at least 4 members (excludes halogenated alkanes) is 3. The Labute approximate surface area is 119 Å². The molecular formula is C13H21FN2O3S. The summed E-state index contributed by atoms with van der Waals surface area (Å²) in [5.74, 6) is -0.939. The third kappa shape index (κ3) is 4.35. The number of sulfonamides is 1. The highest BCUT2D eigenvalue weighted by Gasteiger charge is 2.18. The molecular weight excluding hydrogens is 283 g/mol. The van der Waals surface area contributed by atoms with Crippen molar-refractivity contribution in [3.63, 3.8) is 0 Å². The summed E-state index contributed by atoms with van der Waals surface area (Å²) < 4.78 is 44.8. The maximum atomic E-state index is 13.6. The van der Waals surface area contributed by atoms with Gasteiger partial charge in [0.2, 0.25) is 10.0 Å². The lowest BCUT2D eigenvalue weighted by Gasteiger charge is -2.10. The number of hydrogen-bond donors (Lipinski definition) is 2. The molecule has 114 valence electrons. The third-order valence-electron chi connectivity index (χ3n) is 2.88. The van der Waals surface area contributed by atoms with Gasteiger partial charge < -0.3 is 10.5 Å². The van der Waals surface area contributed by atoms with E-state index in [1.54, 1.807) is 0 Å². The molecule has 0 saturated carbocycles. The predicted octanol–water partition coefficient (Wildman–Crippen LogP) is 2.28. The standard InChI is InChI=1S/C13H21FN2O3S/c1-3-4-5-6-7-16-20(17,18)10-8-11(14)13(19-2)12(15)9-10/h8-9,16H,3-7,15H2,1-2H3. The van der Waals surface area contributed by atoms with Gasteiger partial charge in [0.1, 0.15) is 0 Å². The van der Waals surface area contributed by atoms with Crippen LogP contribution in [0.3, 0.4) is 0 Å². The van der Waals surface area contributed by atoms with Crippen LogP contribution in [0.1, 0.15) is 32.6 Å². The Morgan fingerprint density at radius 2 is 2.00 bits per heavy atom. The SMILES string of the molecule is CCCCCCNS(=O)(=O)c1cc(N)c(OC)c(F)c1. The number of anilines is 1. The van der Waals surface area contributed by atoms with Crippen molar-refractivity contribution in [2.24, 2.45) is 0 Å².